The Bertz CT molecular complexity index is 568. The van der Waals surface area contributed by atoms with Crippen LogP contribution in [0.4, 0.5) is 0 Å². The average molecular weight is 346 g/mol. The highest BCUT2D eigenvalue weighted by Crippen LogP contribution is 2.28. The van der Waals surface area contributed by atoms with Gasteiger partial charge in [-0.2, -0.15) is 0 Å². The zero-order chi connectivity index (χ0) is 18.1. The smallest absolute Gasteiger partial charge is 0.258 e. The standard InChI is InChI=1S/C20H30N2O3/c1-3-7-15-10-11-18(19(12-15)24-2)25-14-20(23)22-17(13-21)16-8-5-4-6-9-16/h3,10-12,16-17H,1,4-9,13-14,21H2,2H3,(H,22,23). The number of carbonyl (C=O) groups excluding carboxylic acids is 1. The molecule has 1 aliphatic carbocycles. The molecule has 1 amide bonds. The number of hydrogen-bond donors (Lipinski definition) is 2. The predicted octanol–water partition coefficient (Wildman–Crippen LogP) is 2.83. The molecule has 1 saturated carbocycles. The Labute approximate surface area is 150 Å². The van der Waals surface area contributed by atoms with E-state index in [9.17, 15) is 4.79 Å². The molecule has 0 spiro atoms. The van der Waals surface area contributed by atoms with Gasteiger partial charge >= 0.3 is 0 Å². The largest absolute Gasteiger partial charge is 0.493 e. The summed E-state index contributed by atoms with van der Waals surface area (Å²) in [5, 5.41) is 3.03. The van der Waals surface area contributed by atoms with Gasteiger partial charge in [0.15, 0.2) is 18.1 Å². The van der Waals surface area contributed by atoms with Gasteiger partial charge in [-0.25, -0.2) is 0 Å². The van der Waals surface area contributed by atoms with Crippen molar-refractivity contribution in [3.63, 3.8) is 0 Å². The Kier molecular flexibility index (Phi) is 7.79. The van der Waals surface area contributed by atoms with E-state index in [0.717, 1.165) is 24.8 Å². The van der Waals surface area contributed by atoms with Gasteiger partial charge in [-0.3, -0.25) is 4.79 Å². The Hall–Kier alpha value is -2.01. The van der Waals surface area contributed by atoms with E-state index < -0.39 is 0 Å². The summed E-state index contributed by atoms with van der Waals surface area (Å²) in [5.41, 5.74) is 6.95. The molecule has 2 rings (SSSR count). The molecule has 1 aromatic carbocycles. The number of rotatable bonds is 9. The zero-order valence-corrected chi connectivity index (χ0v) is 15.1. The van der Waals surface area contributed by atoms with E-state index in [4.69, 9.17) is 15.2 Å². The maximum Gasteiger partial charge on any atom is 0.258 e. The van der Waals surface area contributed by atoms with E-state index in [1.165, 1.54) is 19.3 Å². The molecule has 1 fully saturated rings. The first-order valence-corrected chi connectivity index (χ1v) is 9.08. The summed E-state index contributed by atoms with van der Waals surface area (Å²) in [6.07, 6.45) is 8.61. The molecule has 0 aliphatic heterocycles. The van der Waals surface area contributed by atoms with Crippen molar-refractivity contribution in [2.75, 3.05) is 20.3 Å². The molecule has 1 atom stereocenters. The fourth-order valence-corrected chi connectivity index (χ4v) is 3.42. The number of allylic oxidation sites excluding steroid dienone is 1. The van der Waals surface area contributed by atoms with E-state index in [1.54, 1.807) is 7.11 Å². The summed E-state index contributed by atoms with van der Waals surface area (Å²) in [4.78, 5) is 12.3. The van der Waals surface area contributed by atoms with Crippen LogP contribution >= 0.6 is 0 Å². The highest BCUT2D eigenvalue weighted by atomic mass is 16.5. The van der Waals surface area contributed by atoms with Crippen LogP contribution in [0.5, 0.6) is 11.5 Å². The SMILES string of the molecule is C=CCc1ccc(OCC(=O)NC(CN)C2CCCCC2)c(OC)c1. The van der Waals surface area contributed by atoms with Crippen LogP contribution in [0.1, 0.15) is 37.7 Å². The van der Waals surface area contributed by atoms with Gasteiger partial charge in [0.25, 0.3) is 5.91 Å². The topological polar surface area (TPSA) is 73.6 Å². The van der Waals surface area contributed by atoms with Crippen molar-refractivity contribution in [2.45, 2.75) is 44.6 Å². The summed E-state index contributed by atoms with van der Waals surface area (Å²) in [6.45, 7) is 4.16. The molecule has 1 aliphatic rings. The number of methoxy groups -OCH3 is 1. The zero-order valence-electron chi connectivity index (χ0n) is 15.1. The lowest BCUT2D eigenvalue weighted by Crippen LogP contribution is -2.47. The monoisotopic (exact) mass is 346 g/mol. The molecular formula is C20H30N2O3. The van der Waals surface area contributed by atoms with Gasteiger partial charge < -0.3 is 20.5 Å². The number of nitrogens with two attached hydrogens (primary N) is 1. The van der Waals surface area contributed by atoms with E-state index in [1.807, 2.05) is 24.3 Å². The number of hydrogen-bond acceptors (Lipinski definition) is 4. The second-order valence-electron chi connectivity index (χ2n) is 6.57. The van der Waals surface area contributed by atoms with E-state index in [2.05, 4.69) is 11.9 Å². The normalized spacial score (nSPS) is 16.1. The maximum absolute atomic E-state index is 12.3. The van der Waals surface area contributed by atoms with Crippen molar-refractivity contribution in [3.05, 3.63) is 36.4 Å². The van der Waals surface area contributed by atoms with Crippen molar-refractivity contribution >= 4 is 5.91 Å². The third kappa shape index (κ3) is 5.78. The molecule has 1 unspecified atom stereocenters. The average Bonchev–Trinajstić information content (AvgIpc) is 2.65. The van der Waals surface area contributed by atoms with Gasteiger partial charge in [0.05, 0.1) is 7.11 Å². The second-order valence-corrected chi connectivity index (χ2v) is 6.57. The highest BCUT2D eigenvalue weighted by Gasteiger charge is 2.24. The van der Waals surface area contributed by atoms with Gasteiger partial charge in [-0.1, -0.05) is 31.4 Å². The van der Waals surface area contributed by atoms with E-state index >= 15 is 0 Å². The minimum Gasteiger partial charge on any atom is -0.493 e. The van der Waals surface area contributed by atoms with E-state index in [-0.39, 0.29) is 18.6 Å². The van der Waals surface area contributed by atoms with Crippen molar-refractivity contribution in [3.8, 4) is 11.5 Å². The van der Waals surface area contributed by atoms with Crippen molar-refractivity contribution in [1.82, 2.24) is 5.32 Å². The molecule has 0 bridgehead atoms. The lowest BCUT2D eigenvalue weighted by atomic mass is 9.84. The number of carbonyl (C=O) groups is 1. The first kappa shape index (κ1) is 19.3. The Morgan fingerprint density at radius 1 is 1.36 bits per heavy atom. The Balaban J connectivity index is 1.89. The molecule has 25 heavy (non-hydrogen) atoms. The van der Waals surface area contributed by atoms with Crippen LogP contribution in [0.25, 0.3) is 0 Å². The first-order valence-electron chi connectivity index (χ1n) is 9.08. The quantitative estimate of drug-likeness (QED) is 0.674. The second kappa shape index (κ2) is 10.1. The van der Waals surface area contributed by atoms with Crippen molar-refractivity contribution < 1.29 is 14.3 Å². The molecule has 5 nitrogen and oxygen atoms in total. The molecule has 138 valence electrons. The Morgan fingerprint density at radius 2 is 2.12 bits per heavy atom. The maximum atomic E-state index is 12.3. The molecule has 0 heterocycles. The van der Waals surface area contributed by atoms with Crippen LogP contribution in [0, 0.1) is 5.92 Å². The Morgan fingerprint density at radius 3 is 2.76 bits per heavy atom. The first-order chi connectivity index (χ1) is 12.2. The molecular weight excluding hydrogens is 316 g/mol. The summed E-state index contributed by atoms with van der Waals surface area (Å²) in [6, 6.07) is 5.71. The number of benzene rings is 1. The molecule has 0 radical (unpaired) electrons. The molecule has 3 N–H and O–H groups in total. The van der Waals surface area contributed by atoms with Gasteiger partial charge in [-0.05, 0) is 42.9 Å². The minimum atomic E-state index is -0.141. The van der Waals surface area contributed by atoms with Gasteiger partial charge in [0, 0.05) is 12.6 Å². The molecule has 5 heteroatoms. The highest BCUT2D eigenvalue weighted by molar-refractivity contribution is 5.78. The number of ether oxygens (including phenoxy) is 2. The van der Waals surface area contributed by atoms with Gasteiger partial charge in [0.1, 0.15) is 0 Å². The van der Waals surface area contributed by atoms with Crippen LogP contribution in [0.15, 0.2) is 30.9 Å². The fourth-order valence-electron chi connectivity index (χ4n) is 3.42. The summed E-state index contributed by atoms with van der Waals surface area (Å²) < 4.78 is 11.0. The van der Waals surface area contributed by atoms with Crippen LogP contribution < -0.4 is 20.5 Å². The molecule has 1 aromatic rings. The minimum absolute atomic E-state index is 0.0354. The van der Waals surface area contributed by atoms with Crippen LogP contribution in [0.3, 0.4) is 0 Å². The summed E-state index contributed by atoms with van der Waals surface area (Å²) in [7, 11) is 1.59. The van der Waals surface area contributed by atoms with E-state index in [0.29, 0.717) is 24.0 Å². The van der Waals surface area contributed by atoms with Crippen LogP contribution in [-0.2, 0) is 11.2 Å². The fraction of sp³-hybridized carbons (Fsp3) is 0.550. The van der Waals surface area contributed by atoms with Crippen LogP contribution in [-0.4, -0.2) is 32.2 Å². The van der Waals surface area contributed by atoms with Gasteiger partial charge in [0.2, 0.25) is 0 Å². The summed E-state index contributed by atoms with van der Waals surface area (Å²) in [5.74, 6) is 1.52. The van der Waals surface area contributed by atoms with Crippen molar-refractivity contribution in [2.24, 2.45) is 11.7 Å². The van der Waals surface area contributed by atoms with Gasteiger partial charge in [-0.15, -0.1) is 6.58 Å². The summed E-state index contributed by atoms with van der Waals surface area (Å²) >= 11 is 0. The molecule has 0 aromatic heterocycles. The third-order valence-electron chi connectivity index (χ3n) is 4.79. The lowest BCUT2D eigenvalue weighted by molar-refractivity contribution is -0.124. The lowest BCUT2D eigenvalue weighted by Gasteiger charge is -2.30. The third-order valence-corrected chi connectivity index (χ3v) is 4.79. The van der Waals surface area contributed by atoms with Crippen LogP contribution in [0.2, 0.25) is 0 Å². The van der Waals surface area contributed by atoms with Crippen molar-refractivity contribution in [1.29, 1.82) is 0 Å². The number of nitrogens with one attached hydrogen (secondary N) is 1. The number of amides is 1. The predicted molar refractivity (Wildman–Crippen MR) is 100.0 cm³/mol. The molecule has 0 saturated heterocycles.